The molecule has 27 heavy (non-hydrogen) atoms. The Labute approximate surface area is 162 Å². The summed E-state index contributed by atoms with van der Waals surface area (Å²) in [6, 6.07) is 15.4. The highest BCUT2D eigenvalue weighted by molar-refractivity contribution is 7.13. The van der Waals surface area contributed by atoms with Crippen LogP contribution < -0.4 is 9.47 Å². The van der Waals surface area contributed by atoms with E-state index in [4.69, 9.17) is 14.2 Å². The molecule has 0 bridgehead atoms. The summed E-state index contributed by atoms with van der Waals surface area (Å²) in [5, 5.41) is 2.72. The number of aromatic nitrogens is 1. The van der Waals surface area contributed by atoms with Gasteiger partial charge in [0.15, 0.2) is 0 Å². The van der Waals surface area contributed by atoms with Gasteiger partial charge in [-0.3, -0.25) is 4.79 Å². The van der Waals surface area contributed by atoms with Crippen LogP contribution in [-0.2, 0) is 16.1 Å². The zero-order chi connectivity index (χ0) is 19.1. The molecule has 3 aromatic rings. The molecule has 0 aliphatic rings. The van der Waals surface area contributed by atoms with E-state index >= 15 is 0 Å². The number of thiazole rings is 1. The van der Waals surface area contributed by atoms with Crippen LogP contribution in [0.4, 0.5) is 0 Å². The monoisotopic (exact) mass is 383 g/mol. The van der Waals surface area contributed by atoms with Crippen LogP contribution >= 0.6 is 11.3 Å². The minimum absolute atomic E-state index is 0.148. The average Bonchev–Trinajstić information content (AvgIpc) is 3.17. The lowest BCUT2D eigenvalue weighted by Crippen LogP contribution is -2.10. The number of esters is 1. The third kappa shape index (κ3) is 5.08. The van der Waals surface area contributed by atoms with Crippen molar-refractivity contribution < 1.29 is 19.0 Å². The van der Waals surface area contributed by atoms with Gasteiger partial charge in [0, 0.05) is 5.38 Å². The van der Waals surface area contributed by atoms with Gasteiger partial charge in [0.25, 0.3) is 0 Å². The Hall–Kier alpha value is -2.86. The second kappa shape index (κ2) is 9.19. The molecule has 0 N–H and O–H groups in total. The van der Waals surface area contributed by atoms with Gasteiger partial charge < -0.3 is 14.2 Å². The third-order valence-corrected chi connectivity index (χ3v) is 4.85. The highest BCUT2D eigenvalue weighted by Crippen LogP contribution is 2.31. The smallest absolute Gasteiger partial charge is 0.309 e. The largest absolute Gasteiger partial charge is 0.496 e. The van der Waals surface area contributed by atoms with E-state index in [0.29, 0.717) is 5.69 Å². The van der Waals surface area contributed by atoms with Gasteiger partial charge in [0.1, 0.15) is 23.1 Å². The Morgan fingerprint density at radius 2 is 1.81 bits per heavy atom. The molecular weight excluding hydrogens is 362 g/mol. The quantitative estimate of drug-likeness (QED) is 0.531. The maximum Gasteiger partial charge on any atom is 0.309 e. The Morgan fingerprint density at radius 1 is 1.07 bits per heavy atom. The summed E-state index contributed by atoms with van der Waals surface area (Å²) >= 11 is 1.49. The first-order chi connectivity index (χ1) is 13.2. The summed E-state index contributed by atoms with van der Waals surface area (Å²) in [5.41, 5.74) is 2.68. The molecule has 0 unspecified atom stereocenters. The molecule has 0 spiro atoms. The highest BCUT2D eigenvalue weighted by atomic mass is 32.1. The average molecular weight is 383 g/mol. The van der Waals surface area contributed by atoms with Gasteiger partial charge in [-0.25, -0.2) is 4.98 Å². The van der Waals surface area contributed by atoms with Crippen LogP contribution in [-0.4, -0.2) is 24.7 Å². The van der Waals surface area contributed by atoms with Gasteiger partial charge in [0.2, 0.25) is 0 Å². The first-order valence-electron chi connectivity index (χ1n) is 8.59. The van der Waals surface area contributed by atoms with Crippen molar-refractivity contribution in [2.75, 3.05) is 13.7 Å². The number of aryl methyl sites for hydroxylation is 1. The van der Waals surface area contributed by atoms with Crippen molar-refractivity contribution in [2.45, 2.75) is 20.0 Å². The molecule has 3 rings (SSSR count). The van der Waals surface area contributed by atoms with Gasteiger partial charge >= 0.3 is 5.97 Å². The van der Waals surface area contributed by atoms with Crippen molar-refractivity contribution in [1.29, 1.82) is 0 Å². The molecule has 0 fully saturated rings. The fourth-order valence-electron chi connectivity index (χ4n) is 2.51. The Morgan fingerprint density at radius 3 is 2.59 bits per heavy atom. The first-order valence-corrected chi connectivity index (χ1v) is 9.47. The van der Waals surface area contributed by atoms with Crippen molar-refractivity contribution in [1.82, 2.24) is 4.98 Å². The Bertz CT molecular complexity index is 906. The SMILES string of the molecule is COc1ccccc1-c1nc(COC(=O)CCOc2ccccc2C)cs1. The van der Waals surface area contributed by atoms with Gasteiger partial charge in [-0.2, -0.15) is 0 Å². The maximum atomic E-state index is 11.9. The molecule has 0 radical (unpaired) electrons. The number of carbonyl (C=O) groups is 1. The normalized spacial score (nSPS) is 10.4. The van der Waals surface area contributed by atoms with E-state index in [1.165, 1.54) is 11.3 Å². The molecule has 0 saturated heterocycles. The summed E-state index contributed by atoms with van der Waals surface area (Å²) < 4.78 is 16.3. The van der Waals surface area contributed by atoms with Crippen molar-refractivity contribution in [3.8, 4) is 22.1 Å². The number of hydrogen-bond acceptors (Lipinski definition) is 6. The summed E-state index contributed by atoms with van der Waals surface area (Å²) in [6.45, 7) is 2.40. The lowest BCUT2D eigenvalue weighted by molar-refractivity contribution is -0.145. The second-order valence-electron chi connectivity index (χ2n) is 5.87. The summed E-state index contributed by atoms with van der Waals surface area (Å²) in [7, 11) is 1.63. The molecule has 6 heteroatoms. The molecular formula is C21H21NO4S. The zero-order valence-corrected chi connectivity index (χ0v) is 16.1. The molecule has 2 aromatic carbocycles. The summed E-state index contributed by atoms with van der Waals surface area (Å²) in [5.74, 6) is 1.24. The Balaban J connectivity index is 1.48. The van der Waals surface area contributed by atoms with E-state index in [1.807, 2.05) is 60.8 Å². The molecule has 0 amide bonds. The van der Waals surface area contributed by atoms with E-state index in [9.17, 15) is 4.79 Å². The van der Waals surface area contributed by atoms with Gasteiger partial charge in [-0.15, -0.1) is 11.3 Å². The van der Waals surface area contributed by atoms with Gasteiger partial charge in [-0.1, -0.05) is 30.3 Å². The fourth-order valence-corrected chi connectivity index (χ4v) is 3.34. The van der Waals surface area contributed by atoms with Crippen molar-refractivity contribution >= 4 is 17.3 Å². The number of nitrogens with zero attached hydrogens (tertiary/aromatic N) is 1. The van der Waals surface area contributed by atoms with Crippen molar-refractivity contribution in [3.63, 3.8) is 0 Å². The Kier molecular flexibility index (Phi) is 6.44. The lowest BCUT2D eigenvalue weighted by Gasteiger charge is -2.08. The zero-order valence-electron chi connectivity index (χ0n) is 15.3. The van der Waals surface area contributed by atoms with E-state index in [2.05, 4.69) is 4.98 Å². The van der Waals surface area contributed by atoms with E-state index in [1.54, 1.807) is 7.11 Å². The number of para-hydroxylation sites is 2. The minimum Gasteiger partial charge on any atom is -0.496 e. The molecule has 1 aromatic heterocycles. The lowest BCUT2D eigenvalue weighted by atomic mass is 10.2. The van der Waals surface area contributed by atoms with Crippen LogP contribution in [0.2, 0.25) is 0 Å². The number of benzene rings is 2. The number of rotatable bonds is 8. The van der Waals surface area contributed by atoms with E-state index in [0.717, 1.165) is 27.6 Å². The highest BCUT2D eigenvalue weighted by Gasteiger charge is 2.11. The molecule has 0 aliphatic carbocycles. The summed E-state index contributed by atoms with van der Waals surface area (Å²) in [6.07, 6.45) is 0.192. The predicted molar refractivity (Wildman–Crippen MR) is 105 cm³/mol. The fraction of sp³-hybridized carbons (Fsp3) is 0.238. The predicted octanol–water partition coefficient (Wildman–Crippen LogP) is 4.64. The first kappa shape index (κ1) is 18.9. The topological polar surface area (TPSA) is 57.7 Å². The molecule has 1 heterocycles. The van der Waals surface area contributed by atoms with Crippen LogP contribution in [0.3, 0.4) is 0 Å². The van der Waals surface area contributed by atoms with Crippen LogP contribution in [0.1, 0.15) is 17.7 Å². The van der Waals surface area contributed by atoms with Crippen LogP contribution in [0, 0.1) is 6.92 Å². The third-order valence-electron chi connectivity index (χ3n) is 3.93. The number of ether oxygens (including phenoxy) is 3. The number of hydrogen-bond donors (Lipinski definition) is 0. The second-order valence-corrected chi connectivity index (χ2v) is 6.73. The van der Waals surface area contributed by atoms with E-state index in [-0.39, 0.29) is 25.6 Å². The van der Waals surface area contributed by atoms with Gasteiger partial charge in [-0.05, 0) is 30.7 Å². The van der Waals surface area contributed by atoms with Crippen LogP contribution in [0.25, 0.3) is 10.6 Å². The molecule has 0 aliphatic heterocycles. The van der Waals surface area contributed by atoms with Crippen LogP contribution in [0.5, 0.6) is 11.5 Å². The summed E-state index contributed by atoms with van der Waals surface area (Å²) in [4.78, 5) is 16.5. The van der Waals surface area contributed by atoms with Gasteiger partial charge in [0.05, 0.1) is 31.4 Å². The molecule has 0 saturated carbocycles. The maximum absolute atomic E-state index is 11.9. The number of methoxy groups -OCH3 is 1. The van der Waals surface area contributed by atoms with Crippen LogP contribution in [0.15, 0.2) is 53.9 Å². The van der Waals surface area contributed by atoms with E-state index < -0.39 is 0 Å². The molecule has 140 valence electrons. The molecule has 5 nitrogen and oxygen atoms in total. The molecule has 0 atom stereocenters. The standard InChI is InChI=1S/C21H21NO4S/c1-15-7-3-5-9-18(15)25-12-11-20(23)26-13-16-14-27-21(22-16)17-8-4-6-10-19(17)24-2/h3-10,14H,11-13H2,1-2H3. The van der Waals surface area contributed by atoms with Crippen molar-refractivity contribution in [3.05, 3.63) is 65.2 Å². The number of carbonyl (C=O) groups excluding carboxylic acids is 1. The van der Waals surface area contributed by atoms with Crippen molar-refractivity contribution in [2.24, 2.45) is 0 Å². The minimum atomic E-state index is -0.310.